The van der Waals surface area contributed by atoms with Gasteiger partial charge in [0.1, 0.15) is 11.6 Å². The van der Waals surface area contributed by atoms with Gasteiger partial charge in [-0.2, -0.15) is 0 Å². The van der Waals surface area contributed by atoms with E-state index in [0.29, 0.717) is 5.56 Å². The summed E-state index contributed by atoms with van der Waals surface area (Å²) in [7, 11) is 0. The quantitative estimate of drug-likeness (QED) is 0.477. The number of nitro benzene ring substituents is 1. The van der Waals surface area contributed by atoms with Gasteiger partial charge < -0.3 is 4.74 Å². The zero-order chi connectivity index (χ0) is 14.7. The van der Waals surface area contributed by atoms with Crippen LogP contribution in [0.5, 0.6) is 11.5 Å². The molecule has 2 aromatic rings. The Morgan fingerprint density at radius 1 is 1.15 bits per heavy atom. The Hall–Kier alpha value is -2.21. The molecule has 0 aromatic heterocycles. The van der Waals surface area contributed by atoms with E-state index in [4.69, 9.17) is 16.3 Å². The summed E-state index contributed by atoms with van der Waals surface area (Å²) in [5, 5.41) is 10.5. The van der Waals surface area contributed by atoms with E-state index in [1.165, 1.54) is 12.1 Å². The molecule has 0 spiro atoms. The first-order chi connectivity index (χ1) is 9.51. The van der Waals surface area contributed by atoms with E-state index in [1.807, 2.05) is 0 Å². The number of hydrogen-bond donors (Lipinski definition) is 0. The number of ether oxygens (including phenoxy) is 1. The van der Waals surface area contributed by atoms with Crippen LogP contribution in [0.1, 0.15) is 5.56 Å². The third-order valence-corrected chi connectivity index (χ3v) is 2.80. The van der Waals surface area contributed by atoms with Crippen molar-refractivity contribution < 1.29 is 18.4 Å². The van der Waals surface area contributed by atoms with Crippen LogP contribution in [0.25, 0.3) is 0 Å². The molecule has 0 aliphatic rings. The largest absolute Gasteiger partial charge is 0.454 e. The number of nitrogens with zero attached hydrogens (tertiary/aromatic N) is 1. The predicted octanol–water partition coefficient (Wildman–Crippen LogP) is 4.40. The molecule has 0 N–H and O–H groups in total. The molecule has 2 aromatic carbocycles. The molecular formula is C13H8ClF2NO3. The maximum absolute atomic E-state index is 13.7. The second-order valence-corrected chi connectivity index (χ2v) is 4.13. The van der Waals surface area contributed by atoms with Gasteiger partial charge in [0, 0.05) is 11.6 Å². The van der Waals surface area contributed by atoms with Crippen LogP contribution in [0.3, 0.4) is 0 Å². The van der Waals surface area contributed by atoms with Crippen molar-refractivity contribution in [2.45, 2.75) is 5.88 Å². The molecule has 0 atom stereocenters. The lowest BCUT2D eigenvalue weighted by molar-refractivity contribution is -0.385. The SMILES string of the molecule is O=[N+]([O-])c1ccc(Oc2ccc(F)cc2CCl)c(F)c1. The molecule has 0 heterocycles. The van der Waals surface area contributed by atoms with Crippen LogP contribution in [-0.2, 0) is 5.88 Å². The fraction of sp³-hybridized carbons (Fsp3) is 0.0769. The van der Waals surface area contributed by atoms with Crippen molar-refractivity contribution in [3.63, 3.8) is 0 Å². The van der Waals surface area contributed by atoms with E-state index in [1.54, 1.807) is 0 Å². The monoisotopic (exact) mass is 299 g/mol. The van der Waals surface area contributed by atoms with E-state index >= 15 is 0 Å². The first-order valence-electron chi connectivity index (χ1n) is 5.47. The van der Waals surface area contributed by atoms with Gasteiger partial charge in [-0.25, -0.2) is 8.78 Å². The Kier molecular flexibility index (Phi) is 4.14. The van der Waals surface area contributed by atoms with Gasteiger partial charge in [-0.15, -0.1) is 11.6 Å². The van der Waals surface area contributed by atoms with Crippen LogP contribution >= 0.6 is 11.6 Å². The highest BCUT2D eigenvalue weighted by atomic mass is 35.5. The fourth-order valence-electron chi connectivity index (χ4n) is 1.56. The van der Waals surface area contributed by atoms with Crippen molar-refractivity contribution in [3.8, 4) is 11.5 Å². The molecule has 0 bridgehead atoms. The van der Waals surface area contributed by atoms with Gasteiger partial charge in [0.2, 0.25) is 0 Å². The van der Waals surface area contributed by atoms with Crippen molar-refractivity contribution in [2.24, 2.45) is 0 Å². The fourth-order valence-corrected chi connectivity index (χ4v) is 1.77. The zero-order valence-electron chi connectivity index (χ0n) is 9.98. The van der Waals surface area contributed by atoms with E-state index in [2.05, 4.69) is 0 Å². The number of benzene rings is 2. The van der Waals surface area contributed by atoms with Crippen molar-refractivity contribution in [1.82, 2.24) is 0 Å². The van der Waals surface area contributed by atoms with Gasteiger partial charge in [0.15, 0.2) is 11.6 Å². The predicted molar refractivity (Wildman–Crippen MR) is 69.1 cm³/mol. The number of non-ortho nitro benzene ring substituents is 1. The molecule has 7 heteroatoms. The number of hydrogen-bond acceptors (Lipinski definition) is 3. The second-order valence-electron chi connectivity index (χ2n) is 3.86. The highest BCUT2D eigenvalue weighted by Crippen LogP contribution is 2.30. The molecule has 0 saturated carbocycles. The molecule has 0 radical (unpaired) electrons. The Labute approximate surface area is 117 Å². The summed E-state index contributed by atoms with van der Waals surface area (Å²) < 4.78 is 32.0. The van der Waals surface area contributed by atoms with E-state index in [0.717, 1.165) is 24.3 Å². The summed E-state index contributed by atoms with van der Waals surface area (Å²) in [6, 6.07) is 6.63. The summed E-state index contributed by atoms with van der Waals surface area (Å²) in [5.74, 6) is -1.40. The molecule has 0 aliphatic carbocycles. The Morgan fingerprint density at radius 2 is 1.85 bits per heavy atom. The summed E-state index contributed by atoms with van der Waals surface area (Å²) >= 11 is 5.65. The highest BCUT2D eigenvalue weighted by Gasteiger charge is 2.13. The van der Waals surface area contributed by atoms with E-state index in [9.17, 15) is 18.9 Å². The standard InChI is InChI=1S/C13H8ClF2NO3/c14-7-8-5-9(15)1-3-12(8)20-13-4-2-10(17(18)19)6-11(13)16/h1-6H,7H2. The van der Waals surface area contributed by atoms with Gasteiger partial charge in [-0.05, 0) is 24.3 Å². The van der Waals surface area contributed by atoms with Gasteiger partial charge in [0.05, 0.1) is 16.9 Å². The maximum atomic E-state index is 13.7. The van der Waals surface area contributed by atoms with Gasteiger partial charge >= 0.3 is 0 Å². The highest BCUT2D eigenvalue weighted by molar-refractivity contribution is 6.17. The molecule has 0 amide bonds. The van der Waals surface area contributed by atoms with Gasteiger partial charge in [0.25, 0.3) is 5.69 Å². The summed E-state index contributed by atoms with van der Waals surface area (Å²) in [6.45, 7) is 0. The van der Waals surface area contributed by atoms with Crippen LogP contribution < -0.4 is 4.74 Å². The van der Waals surface area contributed by atoms with E-state index < -0.39 is 16.6 Å². The van der Waals surface area contributed by atoms with Crippen molar-refractivity contribution in [1.29, 1.82) is 0 Å². The number of nitro groups is 1. The Balaban J connectivity index is 2.33. The van der Waals surface area contributed by atoms with E-state index in [-0.39, 0.29) is 23.1 Å². The molecule has 20 heavy (non-hydrogen) atoms. The summed E-state index contributed by atoms with van der Waals surface area (Å²) in [4.78, 5) is 9.79. The molecule has 0 fully saturated rings. The van der Waals surface area contributed by atoms with Gasteiger partial charge in [-0.1, -0.05) is 0 Å². The molecule has 2 rings (SSSR count). The van der Waals surface area contributed by atoms with Gasteiger partial charge in [-0.3, -0.25) is 10.1 Å². The third-order valence-electron chi connectivity index (χ3n) is 2.51. The molecular weight excluding hydrogens is 292 g/mol. The molecule has 4 nitrogen and oxygen atoms in total. The lowest BCUT2D eigenvalue weighted by Crippen LogP contribution is -1.95. The summed E-state index contributed by atoms with van der Waals surface area (Å²) in [5.41, 5.74) is -0.0315. The molecule has 0 aliphatic heterocycles. The maximum Gasteiger partial charge on any atom is 0.272 e. The smallest absolute Gasteiger partial charge is 0.272 e. The molecule has 0 saturated heterocycles. The minimum Gasteiger partial charge on any atom is -0.454 e. The van der Waals surface area contributed by atoms with Crippen molar-refractivity contribution in [3.05, 3.63) is 63.7 Å². The lowest BCUT2D eigenvalue weighted by atomic mass is 10.2. The molecule has 0 unspecified atom stereocenters. The average Bonchev–Trinajstić information content (AvgIpc) is 2.42. The lowest BCUT2D eigenvalue weighted by Gasteiger charge is -2.10. The van der Waals surface area contributed by atoms with Crippen LogP contribution in [0.2, 0.25) is 0 Å². The Morgan fingerprint density at radius 3 is 2.45 bits per heavy atom. The Bertz CT molecular complexity index is 664. The number of rotatable bonds is 4. The van der Waals surface area contributed by atoms with Crippen molar-refractivity contribution >= 4 is 17.3 Å². The zero-order valence-corrected chi connectivity index (χ0v) is 10.7. The minimum absolute atomic E-state index is 0.0122. The topological polar surface area (TPSA) is 52.4 Å². The number of alkyl halides is 1. The van der Waals surface area contributed by atoms with Crippen LogP contribution in [0, 0.1) is 21.7 Å². The van der Waals surface area contributed by atoms with Crippen molar-refractivity contribution in [2.75, 3.05) is 0 Å². The normalized spacial score (nSPS) is 10.3. The van der Waals surface area contributed by atoms with Crippen LogP contribution in [-0.4, -0.2) is 4.92 Å². The minimum atomic E-state index is -0.885. The first kappa shape index (κ1) is 14.2. The first-order valence-corrected chi connectivity index (χ1v) is 6.01. The second kappa shape index (κ2) is 5.83. The third kappa shape index (κ3) is 3.03. The number of halogens is 3. The van der Waals surface area contributed by atoms with Crippen LogP contribution in [0.4, 0.5) is 14.5 Å². The summed E-state index contributed by atoms with van der Waals surface area (Å²) in [6.07, 6.45) is 0. The average molecular weight is 300 g/mol. The molecule has 104 valence electrons. The van der Waals surface area contributed by atoms with Crippen LogP contribution in [0.15, 0.2) is 36.4 Å².